The number of hydrazine groups is 1. The number of fused-ring (bicyclic) bond motifs is 1. The molecule has 0 spiro atoms. The number of aromatic nitrogens is 1. The second-order valence-corrected chi connectivity index (χ2v) is 14.1. The minimum absolute atomic E-state index is 0.000240. The van der Waals surface area contributed by atoms with E-state index < -0.39 is 47.1 Å². The predicted molar refractivity (Wildman–Crippen MR) is 194 cm³/mol. The Labute approximate surface area is 299 Å². The van der Waals surface area contributed by atoms with Crippen molar-refractivity contribution in [3.8, 4) is 11.1 Å². The highest BCUT2D eigenvalue weighted by Gasteiger charge is 2.41. The largest absolute Gasteiger partial charge is 0.453 e. The molecule has 5 N–H and O–H groups in total. The molecular formula is C40H47N5O6. The van der Waals surface area contributed by atoms with E-state index in [0.29, 0.717) is 6.42 Å². The number of amides is 3. The lowest BCUT2D eigenvalue weighted by Gasteiger charge is -2.35. The lowest BCUT2D eigenvalue weighted by atomic mass is 9.86. The standard InChI is InChI=1S/C40H47N5O6/c1-39(2,3)35(43-38(49)51-4)36(47)44-45(26-28-16-18-29(19-17-28)31-14-10-21-41-25-31)22-20-40(50,24-27-11-6-5-7-12-27)37(48)42-34-32-15-9-8-13-30(32)23-33(34)46/h5-19,21,25,33-35,46,50H,20,22-24,26H2,1-4H3,(H,42,48)(H,43,49)(H,44,47)/t33-,34+,35-,40-/m1/s1. The van der Waals surface area contributed by atoms with Gasteiger partial charge >= 0.3 is 6.09 Å². The van der Waals surface area contributed by atoms with Crippen LogP contribution in [0.25, 0.3) is 11.1 Å². The fraction of sp³-hybridized carbons (Fsp3) is 0.350. The fourth-order valence-corrected chi connectivity index (χ4v) is 6.36. The Balaban J connectivity index is 1.41. The van der Waals surface area contributed by atoms with Gasteiger partial charge in [-0.15, -0.1) is 0 Å². The number of aliphatic hydroxyl groups excluding tert-OH is 1. The van der Waals surface area contributed by atoms with Crippen molar-refractivity contribution >= 4 is 17.9 Å². The maximum absolute atomic E-state index is 14.1. The molecule has 0 fully saturated rings. The number of ether oxygens (including phenoxy) is 1. The van der Waals surface area contributed by atoms with Crippen molar-refractivity contribution in [1.29, 1.82) is 0 Å². The number of hydrogen-bond acceptors (Lipinski definition) is 8. The monoisotopic (exact) mass is 693 g/mol. The summed E-state index contributed by atoms with van der Waals surface area (Å²) in [6.45, 7) is 5.77. The zero-order valence-electron chi connectivity index (χ0n) is 29.5. The van der Waals surface area contributed by atoms with Crippen LogP contribution in [0, 0.1) is 5.41 Å². The molecule has 0 unspecified atom stereocenters. The lowest BCUT2D eigenvalue weighted by molar-refractivity contribution is -0.143. The number of hydrogen-bond donors (Lipinski definition) is 5. The second-order valence-electron chi connectivity index (χ2n) is 14.1. The second kappa shape index (κ2) is 16.3. The van der Waals surface area contributed by atoms with Gasteiger partial charge in [-0.3, -0.25) is 20.0 Å². The summed E-state index contributed by atoms with van der Waals surface area (Å²) >= 11 is 0. The first kappa shape index (κ1) is 37.2. The predicted octanol–water partition coefficient (Wildman–Crippen LogP) is 4.49. The van der Waals surface area contributed by atoms with Gasteiger partial charge in [-0.1, -0.05) is 106 Å². The number of methoxy groups -OCH3 is 1. The van der Waals surface area contributed by atoms with E-state index in [1.54, 1.807) is 17.4 Å². The molecule has 4 atom stereocenters. The van der Waals surface area contributed by atoms with E-state index in [1.165, 1.54) is 7.11 Å². The van der Waals surface area contributed by atoms with Crippen LogP contribution in [0.1, 0.15) is 55.5 Å². The summed E-state index contributed by atoms with van der Waals surface area (Å²) in [4.78, 5) is 44.3. The molecule has 1 heterocycles. The zero-order chi connectivity index (χ0) is 36.6. The van der Waals surface area contributed by atoms with Gasteiger partial charge < -0.3 is 25.6 Å². The van der Waals surface area contributed by atoms with E-state index in [1.807, 2.05) is 112 Å². The molecule has 3 aromatic carbocycles. The van der Waals surface area contributed by atoms with Gasteiger partial charge in [-0.2, -0.15) is 0 Å². The van der Waals surface area contributed by atoms with Crippen LogP contribution >= 0.6 is 0 Å². The van der Waals surface area contributed by atoms with Gasteiger partial charge in [0.1, 0.15) is 11.6 Å². The molecule has 0 bridgehead atoms. The van der Waals surface area contributed by atoms with E-state index >= 15 is 0 Å². The number of rotatable bonds is 13. The van der Waals surface area contributed by atoms with Crippen molar-refractivity contribution in [2.24, 2.45) is 5.41 Å². The SMILES string of the molecule is COC(=O)N[C@H](C(=O)NN(CC[C@@](O)(Cc1ccccc1)C(=O)N[C@H]1c2ccccc2C[C@H]1O)Cc1ccc(-c2cccnc2)cc1)C(C)(C)C. The number of alkyl carbamates (subject to hydrolysis) is 1. The smallest absolute Gasteiger partial charge is 0.407 e. The van der Waals surface area contributed by atoms with E-state index in [-0.39, 0.29) is 25.9 Å². The van der Waals surface area contributed by atoms with Gasteiger partial charge in [-0.25, -0.2) is 9.80 Å². The molecule has 3 amide bonds. The number of carbonyl (C=O) groups is 3. The fourth-order valence-electron chi connectivity index (χ4n) is 6.36. The molecule has 0 saturated heterocycles. The van der Waals surface area contributed by atoms with Crippen LogP contribution in [0.4, 0.5) is 4.79 Å². The number of aliphatic hydroxyl groups is 2. The molecule has 4 aromatic rings. The van der Waals surface area contributed by atoms with Crippen LogP contribution < -0.4 is 16.1 Å². The Morgan fingerprint density at radius 1 is 0.922 bits per heavy atom. The molecule has 268 valence electrons. The first-order valence-electron chi connectivity index (χ1n) is 17.1. The Morgan fingerprint density at radius 3 is 2.29 bits per heavy atom. The van der Waals surface area contributed by atoms with Gasteiger partial charge in [0.15, 0.2) is 0 Å². The minimum Gasteiger partial charge on any atom is -0.453 e. The highest BCUT2D eigenvalue weighted by atomic mass is 16.5. The van der Waals surface area contributed by atoms with Crippen LogP contribution in [0.2, 0.25) is 0 Å². The minimum atomic E-state index is -1.92. The summed E-state index contributed by atoms with van der Waals surface area (Å²) in [6.07, 6.45) is 2.24. The van der Waals surface area contributed by atoms with Crippen molar-refractivity contribution in [2.75, 3.05) is 13.7 Å². The van der Waals surface area contributed by atoms with Crippen LogP contribution in [-0.4, -0.2) is 69.5 Å². The highest BCUT2D eigenvalue weighted by Crippen LogP contribution is 2.32. The van der Waals surface area contributed by atoms with Gasteiger partial charge in [0, 0.05) is 44.7 Å². The van der Waals surface area contributed by atoms with E-state index in [9.17, 15) is 24.6 Å². The Morgan fingerprint density at radius 2 is 1.63 bits per heavy atom. The summed E-state index contributed by atoms with van der Waals surface area (Å²) in [7, 11) is 1.23. The maximum Gasteiger partial charge on any atom is 0.407 e. The van der Waals surface area contributed by atoms with Crippen molar-refractivity contribution in [3.05, 3.63) is 126 Å². The van der Waals surface area contributed by atoms with Crippen molar-refractivity contribution in [2.45, 2.75) is 70.4 Å². The average molecular weight is 694 g/mol. The third kappa shape index (κ3) is 9.57. The molecule has 5 rings (SSSR count). The number of benzene rings is 3. The molecule has 1 aliphatic carbocycles. The molecule has 1 aliphatic rings. The Hall–Kier alpha value is -5.10. The summed E-state index contributed by atoms with van der Waals surface area (Å²) in [5.74, 6) is -1.11. The topological polar surface area (TPSA) is 153 Å². The number of carbonyl (C=O) groups excluding carboxylic acids is 3. The van der Waals surface area contributed by atoms with E-state index in [2.05, 4.69) is 21.0 Å². The summed E-state index contributed by atoms with van der Waals surface area (Å²) in [5, 5.41) is 30.3. The van der Waals surface area contributed by atoms with Gasteiger partial charge in [0.05, 0.1) is 19.3 Å². The Bertz CT molecular complexity index is 1780. The molecule has 0 aliphatic heterocycles. The van der Waals surface area contributed by atoms with Crippen molar-refractivity contribution < 1.29 is 29.3 Å². The van der Waals surface area contributed by atoms with Gasteiger partial charge in [-0.05, 0) is 44.9 Å². The van der Waals surface area contributed by atoms with Crippen LogP contribution in [0.5, 0.6) is 0 Å². The Kier molecular flexibility index (Phi) is 11.9. The molecule has 0 saturated carbocycles. The average Bonchev–Trinajstić information content (AvgIpc) is 3.44. The molecule has 51 heavy (non-hydrogen) atoms. The van der Waals surface area contributed by atoms with Crippen molar-refractivity contribution in [3.63, 3.8) is 0 Å². The maximum atomic E-state index is 14.1. The van der Waals surface area contributed by atoms with E-state index in [0.717, 1.165) is 33.4 Å². The highest BCUT2D eigenvalue weighted by molar-refractivity contribution is 5.87. The normalized spacial score (nSPS) is 17.2. The van der Waals surface area contributed by atoms with Gasteiger partial charge in [0.25, 0.3) is 11.8 Å². The number of pyridine rings is 1. The molecule has 11 heteroatoms. The molecule has 11 nitrogen and oxygen atoms in total. The molecular weight excluding hydrogens is 646 g/mol. The zero-order valence-corrected chi connectivity index (χ0v) is 29.5. The summed E-state index contributed by atoms with van der Waals surface area (Å²) < 4.78 is 4.79. The summed E-state index contributed by atoms with van der Waals surface area (Å²) in [6, 6.07) is 26.8. The van der Waals surface area contributed by atoms with E-state index in [4.69, 9.17) is 4.74 Å². The van der Waals surface area contributed by atoms with Crippen LogP contribution in [-0.2, 0) is 33.7 Å². The number of nitrogens with zero attached hydrogens (tertiary/aromatic N) is 2. The molecule has 0 radical (unpaired) electrons. The van der Waals surface area contributed by atoms with Crippen LogP contribution in [0.3, 0.4) is 0 Å². The van der Waals surface area contributed by atoms with Gasteiger partial charge in [0.2, 0.25) is 0 Å². The number of nitrogens with one attached hydrogen (secondary N) is 3. The first-order valence-corrected chi connectivity index (χ1v) is 17.1. The first-order chi connectivity index (χ1) is 24.4. The lowest BCUT2D eigenvalue weighted by Crippen LogP contribution is -2.58. The quantitative estimate of drug-likeness (QED) is 0.129. The van der Waals surface area contributed by atoms with Crippen molar-refractivity contribution in [1.82, 2.24) is 26.1 Å². The van der Waals surface area contributed by atoms with Crippen LogP contribution in [0.15, 0.2) is 103 Å². The molecule has 1 aromatic heterocycles. The third-order valence-electron chi connectivity index (χ3n) is 9.21. The third-order valence-corrected chi connectivity index (χ3v) is 9.21. The summed E-state index contributed by atoms with van der Waals surface area (Å²) in [5.41, 5.74) is 5.65.